The van der Waals surface area contributed by atoms with Crippen LogP contribution in [0.3, 0.4) is 0 Å². The van der Waals surface area contributed by atoms with E-state index in [2.05, 4.69) is 10.3 Å². The minimum Gasteiger partial charge on any atom is -0.495 e. The van der Waals surface area contributed by atoms with Crippen molar-refractivity contribution in [3.05, 3.63) is 78.6 Å². The Labute approximate surface area is 185 Å². The second kappa shape index (κ2) is 8.19. The fraction of sp³-hybridized carbons (Fsp3) is 0.160. The minimum absolute atomic E-state index is 0.0643. The van der Waals surface area contributed by atoms with Crippen molar-refractivity contribution in [2.45, 2.75) is 12.8 Å². The average molecular weight is 426 g/mol. The standard InChI is InChI=1S/C25H22N4O3/c1-32-23-13-10-18(15-22(23)28-14-4-7-24(28)30)27-25(31)17-8-11-19(12-9-17)29-16-26-20-5-2-3-6-21(20)29/h2-3,5-6,8-13,15-16H,4,7,14H2,1H3,(H,27,31). The SMILES string of the molecule is COc1ccc(NC(=O)c2ccc(-n3cnc4ccccc43)cc2)cc1N1CCCC1=O. The molecule has 7 heteroatoms. The maximum Gasteiger partial charge on any atom is 0.255 e. The predicted molar refractivity (Wildman–Crippen MR) is 124 cm³/mol. The summed E-state index contributed by atoms with van der Waals surface area (Å²) >= 11 is 0. The first kappa shape index (κ1) is 19.8. The molecule has 1 aliphatic rings. The maximum absolute atomic E-state index is 12.8. The van der Waals surface area contributed by atoms with E-state index < -0.39 is 0 Å². The highest BCUT2D eigenvalue weighted by molar-refractivity contribution is 6.05. The molecule has 0 aliphatic carbocycles. The van der Waals surface area contributed by atoms with Gasteiger partial charge >= 0.3 is 0 Å². The van der Waals surface area contributed by atoms with Crippen molar-refractivity contribution in [2.24, 2.45) is 0 Å². The van der Waals surface area contributed by atoms with Gasteiger partial charge in [0, 0.05) is 29.9 Å². The highest BCUT2D eigenvalue weighted by Gasteiger charge is 2.25. The van der Waals surface area contributed by atoms with E-state index in [1.54, 1.807) is 48.7 Å². The molecule has 0 bridgehead atoms. The van der Waals surface area contributed by atoms with Gasteiger partial charge in [-0.25, -0.2) is 4.98 Å². The molecule has 1 aromatic heterocycles. The zero-order valence-corrected chi connectivity index (χ0v) is 17.6. The van der Waals surface area contributed by atoms with E-state index >= 15 is 0 Å². The lowest BCUT2D eigenvalue weighted by Gasteiger charge is -2.20. The van der Waals surface area contributed by atoms with Crippen LogP contribution >= 0.6 is 0 Å². The second-order valence-corrected chi connectivity index (χ2v) is 7.64. The van der Waals surface area contributed by atoms with Gasteiger partial charge in [0.2, 0.25) is 5.91 Å². The van der Waals surface area contributed by atoms with Crippen LogP contribution in [0.15, 0.2) is 73.1 Å². The van der Waals surface area contributed by atoms with Gasteiger partial charge in [0.05, 0.1) is 23.8 Å². The zero-order chi connectivity index (χ0) is 22.1. The largest absolute Gasteiger partial charge is 0.495 e. The normalized spacial score (nSPS) is 13.5. The molecule has 5 rings (SSSR count). The van der Waals surface area contributed by atoms with Gasteiger partial charge in [0.25, 0.3) is 5.91 Å². The first-order valence-corrected chi connectivity index (χ1v) is 10.5. The van der Waals surface area contributed by atoms with Gasteiger partial charge in [-0.15, -0.1) is 0 Å². The molecule has 0 unspecified atom stereocenters. The van der Waals surface area contributed by atoms with Crippen molar-refractivity contribution < 1.29 is 14.3 Å². The molecule has 2 heterocycles. The summed E-state index contributed by atoms with van der Waals surface area (Å²) in [5.74, 6) is 0.445. The first-order valence-electron chi connectivity index (χ1n) is 10.5. The number of nitrogens with zero attached hydrogens (tertiary/aromatic N) is 3. The van der Waals surface area contributed by atoms with E-state index in [1.165, 1.54) is 0 Å². The molecule has 0 saturated carbocycles. The molecule has 7 nitrogen and oxygen atoms in total. The number of rotatable bonds is 5. The number of para-hydroxylation sites is 2. The molecule has 0 atom stereocenters. The number of hydrogen-bond acceptors (Lipinski definition) is 4. The number of carbonyl (C=O) groups is 2. The van der Waals surface area contributed by atoms with Crippen molar-refractivity contribution in [1.29, 1.82) is 0 Å². The quantitative estimate of drug-likeness (QED) is 0.513. The molecule has 32 heavy (non-hydrogen) atoms. The summed E-state index contributed by atoms with van der Waals surface area (Å²) in [5.41, 5.74) is 4.67. The average Bonchev–Trinajstić information content (AvgIpc) is 3.45. The van der Waals surface area contributed by atoms with E-state index in [4.69, 9.17) is 4.74 Å². The number of fused-ring (bicyclic) bond motifs is 1. The Bertz CT molecular complexity index is 1310. The fourth-order valence-corrected chi connectivity index (χ4v) is 4.02. The van der Waals surface area contributed by atoms with E-state index in [1.807, 2.05) is 41.0 Å². The van der Waals surface area contributed by atoms with Crippen LogP contribution < -0.4 is 15.0 Å². The molecule has 1 fully saturated rings. The number of benzene rings is 3. The molecule has 1 N–H and O–H groups in total. The van der Waals surface area contributed by atoms with Gasteiger partial charge < -0.3 is 15.0 Å². The number of nitrogens with one attached hydrogen (secondary N) is 1. The summed E-state index contributed by atoms with van der Waals surface area (Å²) in [4.78, 5) is 31.1. The number of anilines is 2. The lowest BCUT2D eigenvalue weighted by molar-refractivity contribution is -0.117. The van der Waals surface area contributed by atoms with Gasteiger partial charge in [-0.3, -0.25) is 14.2 Å². The molecule has 2 amide bonds. The summed E-state index contributed by atoms with van der Waals surface area (Å²) in [5, 5.41) is 2.92. The van der Waals surface area contributed by atoms with Crippen LogP contribution in [0, 0.1) is 0 Å². The smallest absolute Gasteiger partial charge is 0.255 e. The molecular weight excluding hydrogens is 404 g/mol. The summed E-state index contributed by atoms with van der Waals surface area (Å²) < 4.78 is 7.40. The highest BCUT2D eigenvalue weighted by Crippen LogP contribution is 2.34. The van der Waals surface area contributed by atoms with Gasteiger partial charge in [-0.2, -0.15) is 0 Å². The highest BCUT2D eigenvalue weighted by atomic mass is 16.5. The predicted octanol–water partition coefficient (Wildman–Crippen LogP) is 4.41. The van der Waals surface area contributed by atoms with Crippen LogP contribution in [0.25, 0.3) is 16.7 Å². The van der Waals surface area contributed by atoms with Crippen LogP contribution in [-0.2, 0) is 4.79 Å². The van der Waals surface area contributed by atoms with Crippen molar-refractivity contribution in [3.8, 4) is 11.4 Å². The fourth-order valence-electron chi connectivity index (χ4n) is 4.02. The number of aromatic nitrogens is 2. The van der Waals surface area contributed by atoms with E-state index in [9.17, 15) is 9.59 Å². The molecule has 160 valence electrons. The van der Waals surface area contributed by atoms with Crippen molar-refractivity contribution in [3.63, 3.8) is 0 Å². The molecule has 4 aromatic rings. The number of carbonyl (C=O) groups excluding carboxylic acids is 2. The Morgan fingerprint density at radius 3 is 2.62 bits per heavy atom. The molecule has 1 aliphatic heterocycles. The third kappa shape index (κ3) is 3.58. The lowest BCUT2D eigenvalue weighted by Crippen LogP contribution is -2.24. The van der Waals surface area contributed by atoms with Gasteiger partial charge in [0.1, 0.15) is 12.1 Å². The Morgan fingerprint density at radius 2 is 1.88 bits per heavy atom. The number of imidazole rings is 1. The number of methoxy groups -OCH3 is 1. The van der Waals surface area contributed by atoms with Gasteiger partial charge in [-0.1, -0.05) is 12.1 Å². The second-order valence-electron chi connectivity index (χ2n) is 7.64. The Balaban J connectivity index is 1.37. The van der Waals surface area contributed by atoms with Crippen molar-refractivity contribution in [2.75, 3.05) is 23.9 Å². The Morgan fingerprint density at radius 1 is 1.06 bits per heavy atom. The monoisotopic (exact) mass is 426 g/mol. The van der Waals surface area contributed by atoms with Crippen molar-refractivity contribution >= 4 is 34.2 Å². The van der Waals surface area contributed by atoms with Crippen LogP contribution in [0.4, 0.5) is 11.4 Å². The third-order valence-corrected chi connectivity index (χ3v) is 5.66. The summed E-state index contributed by atoms with van der Waals surface area (Å²) in [6, 6.07) is 20.6. The van der Waals surface area contributed by atoms with Crippen LogP contribution in [-0.4, -0.2) is 35.0 Å². The Kier molecular flexibility index (Phi) is 5.07. The first-order chi connectivity index (χ1) is 15.6. The minimum atomic E-state index is -0.226. The summed E-state index contributed by atoms with van der Waals surface area (Å²) in [6.45, 7) is 0.650. The van der Waals surface area contributed by atoms with Crippen LogP contribution in [0.5, 0.6) is 5.75 Å². The maximum atomic E-state index is 12.8. The lowest BCUT2D eigenvalue weighted by atomic mass is 10.1. The van der Waals surface area contributed by atoms with E-state index in [0.717, 1.165) is 23.1 Å². The topological polar surface area (TPSA) is 76.5 Å². The van der Waals surface area contributed by atoms with Crippen molar-refractivity contribution in [1.82, 2.24) is 9.55 Å². The molecule has 3 aromatic carbocycles. The molecular formula is C25H22N4O3. The Hall–Kier alpha value is -4.13. The number of ether oxygens (including phenoxy) is 1. The molecule has 0 radical (unpaired) electrons. The zero-order valence-electron chi connectivity index (χ0n) is 17.6. The van der Waals surface area contributed by atoms with E-state index in [0.29, 0.717) is 35.7 Å². The van der Waals surface area contributed by atoms with Crippen LogP contribution in [0.1, 0.15) is 23.2 Å². The number of amides is 2. The van der Waals surface area contributed by atoms with E-state index in [-0.39, 0.29) is 11.8 Å². The molecule has 0 spiro atoms. The van der Waals surface area contributed by atoms with Gasteiger partial charge in [-0.05, 0) is 61.0 Å². The number of hydrogen-bond donors (Lipinski definition) is 1. The summed E-state index contributed by atoms with van der Waals surface area (Å²) in [6.07, 6.45) is 3.12. The molecule has 1 saturated heterocycles. The third-order valence-electron chi connectivity index (χ3n) is 5.66. The summed E-state index contributed by atoms with van der Waals surface area (Å²) in [7, 11) is 1.57. The van der Waals surface area contributed by atoms with Crippen LogP contribution in [0.2, 0.25) is 0 Å². The van der Waals surface area contributed by atoms with Gasteiger partial charge in [0.15, 0.2) is 0 Å².